The van der Waals surface area contributed by atoms with E-state index < -0.39 is 0 Å². The topological polar surface area (TPSA) is 139 Å². The van der Waals surface area contributed by atoms with Crippen molar-refractivity contribution in [3.63, 3.8) is 0 Å². The molecule has 0 aliphatic heterocycles. The maximum atomic E-state index is 8.66. The average Bonchev–Trinajstić information content (AvgIpc) is 3.21. The molecule has 0 aliphatic rings. The molecule has 0 amide bonds. The molecule has 0 aliphatic carbocycles. The van der Waals surface area contributed by atoms with Crippen LogP contribution in [0.1, 0.15) is 29.3 Å². The summed E-state index contributed by atoms with van der Waals surface area (Å²) in [4.78, 5) is 14.2. The summed E-state index contributed by atoms with van der Waals surface area (Å²) in [6.45, 7) is 6.02. The quantitative estimate of drug-likeness (QED) is 0.261. The minimum Gasteiger partial charge on any atom is -0.404 e. The van der Waals surface area contributed by atoms with Gasteiger partial charge in [-0.2, -0.15) is 0 Å². The number of thiazole rings is 1. The lowest BCUT2D eigenvalue weighted by Gasteiger charge is -2.11. The molecule has 7 N–H and O–H groups in total. The number of allylic oxidation sites excluding steroid dienone is 3. The molecule has 0 spiro atoms. The summed E-state index contributed by atoms with van der Waals surface area (Å²) >= 11 is 1.48. The van der Waals surface area contributed by atoms with Crippen molar-refractivity contribution in [3.8, 4) is 0 Å². The fourth-order valence-electron chi connectivity index (χ4n) is 3.05. The molecule has 166 valence electrons. The molecule has 0 fully saturated rings. The van der Waals surface area contributed by atoms with Gasteiger partial charge in [0.05, 0.1) is 26.6 Å². The zero-order chi connectivity index (χ0) is 23.3. The molecule has 3 aromatic rings. The van der Waals surface area contributed by atoms with Crippen molar-refractivity contribution < 1.29 is 0 Å². The molecule has 3 heterocycles. The first kappa shape index (κ1) is 23.0. The van der Waals surface area contributed by atoms with Crippen LogP contribution in [0.3, 0.4) is 0 Å². The summed E-state index contributed by atoms with van der Waals surface area (Å²) in [6.07, 6.45) is 8.61. The molecule has 0 saturated heterocycles. The summed E-state index contributed by atoms with van der Waals surface area (Å²) in [5.41, 5.74) is 16.0. The van der Waals surface area contributed by atoms with Gasteiger partial charge in [-0.1, -0.05) is 13.8 Å². The van der Waals surface area contributed by atoms with Crippen molar-refractivity contribution in [2.24, 2.45) is 17.4 Å². The van der Waals surface area contributed by atoms with Gasteiger partial charge in [-0.05, 0) is 48.9 Å². The fourth-order valence-corrected chi connectivity index (χ4v) is 3.79. The Morgan fingerprint density at radius 2 is 1.97 bits per heavy atom. The summed E-state index contributed by atoms with van der Waals surface area (Å²) in [5, 5.41) is 15.7. The lowest BCUT2D eigenvalue weighted by Crippen LogP contribution is -2.12. The van der Waals surface area contributed by atoms with Crippen molar-refractivity contribution in [1.82, 2.24) is 20.3 Å². The lowest BCUT2D eigenvalue weighted by atomic mass is 10.0. The van der Waals surface area contributed by atoms with E-state index in [9.17, 15) is 0 Å². The van der Waals surface area contributed by atoms with Crippen molar-refractivity contribution in [3.05, 3.63) is 75.9 Å². The molecule has 8 nitrogen and oxygen atoms in total. The van der Waals surface area contributed by atoms with Crippen molar-refractivity contribution in [1.29, 1.82) is 5.41 Å². The van der Waals surface area contributed by atoms with Gasteiger partial charge in [0.1, 0.15) is 11.6 Å². The second-order valence-corrected chi connectivity index (χ2v) is 8.70. The molecule has 0 radical (unpaired) electrons. The number of nitrogens with two attached hydrogens (primary N) is 2. The Labute approximate surface area is 191 Å². The van der Waals surface area contributed by atoms with Crippen LogP contribution in [0, 0.1) is 18.3 Å². The Balaban J connectivity index is 1.94. The molecule has 0 atom stereocenters. The number of rotatable bonds is 8. The van der Waals surface area contributed by atoms with Crippen molar-refractivity contribution >= 4 is 39.5 Å². The minimum atomic E-state index is 0.256. The molecule has 3 aromatic heterocycles. The molecule has 0 aromatic carbocycles. The third-order valence-corrected chi connectivity index (χ3v) is 5.66. The summed E-state index contributed by atoms with van der Waals surface area (Å²) in [7, 11) is 1.80. The van der Waals surface area contributed by atoms with Crippen LogP contribution in [0.5, 0.6) is 0 Å². The summed E-state index contributed by atoms with van der Waals surface area (Å²) in [6, 6.07) is 5.62. The van der Waals surface area contributed by atoms with Crippen LogP contribution in [0.25, 0.3) is 16.6 Å². The predicted molar refractivity (Wildman–Crippen MR) is 133 cm³/mol. The predicted octanol–water partition coefficient (Wildman–Crippen LogP) is 3.73. The first-order chi connectivity index (χ1) is 15.3. The van der Waals surface area contributed by atoms with Gasteiger partial charge in [0.25, 0.3) is 0 Å². The van der Waals surface area contributed by atoms with Gasteiger partial charge < -0.3 is 22.1 Å². The zero-order valence-corrected chi connectivity index (χ0v) is 19.4. The standard InChI is InChI=1S/C23H28N8S/c1-13(2)15(9-24)8-21(25)31-22-6-5-18-19(30-22)7-16(10-29-18)17(11-27-4)23(26)20-12-28-14(3)32-20/h5-13,26-27H,24-25H2,1-4H3,(H,30,31)/b15-9+,17-11-,21-8+,26-23?. The highest BCUT2D eigenvalue weighted by molar-refractivity contribution is 7.14. The van der Waals surface area contributed by atoms with Crippen LogP contribution in [-0.2, 0) is 0 Å². The highest BCUT2D eigenvalue weighted by atomic mass is 32.1. The first-order valence-electron chi connectivity index (χ1n) is 10.1. The third kappa shape index (κ3) is 5.30. The highest BCUT2D eigenvalue weighted by Gasteiger charge is 2.15. The number of hydrogen-bond acceptors (Lipinski definition) is 9. The van der Waals surface area contributed by atoms with Gasteiger partial charge in [0, 0.05) is 36.8 Å². The van der Waals surface area contributed by atoms with Gasteiger partial charge in [0.15, 0.2) is 0 Å². The Hall–Kier alpha value is -3.72. The number of pyridine rings is 2. The number of hydrogen-bond donors (Lipinski definition) is 5. The Kier molecular flexibility index (Phi) is 7.21. The Morgan fingerprint density at radius 1 is 1.19 bits per heavy atom. The Bertz CT molecular complexity index is 1220. The van der Waals surface area contributed by atoms with Crippen LogP contribution in [0.4, 0.5) is 5.82 Å². The van der Waals surface area contributed by atoms with Gasteiger partial charge in [-0.3, -0.25) is 10.4 Å². The van der Waals surface area contributed by atoms with E-state index in [0.717, 1.165) is 26.5 Å². The highest BCUT2D eigenvalue weighted by Crippen LogP contribution is 2.25. The second kappa shape index (κ2) is 10.1. The van der Waals surface area contributed by atoms with Gasteiger partial charge >= 0.3 is 0 Å². The number of aryl methyl sites for hydroxylation is 1. The number of aromatic nitrogens is 3. The van der Waals surface area contributed by atoms with Gasteiger partial charge in [-0.15, -0.1) is 11.3 Å². The maximum absolute atomic E-state index is 8.66. The fraction of sp³-hybridized carbons (Fsp3) is 0.217. The molecular formula is C23H28N8S. The van der Waals surface area contributed by atoms with Gasteiger partial charge in [-0.25, -0.2) is 9.97 Å². The number of anilines is 1. The maximum Gasteiger partial charge on any atom is 0.132 e. The number of nitrogens with zero attached hydrogens (tertiary/aromatic N) is 3. The van der Waals surface area contributed by atoms with Crippen LogP contribution < -0.4 is 22.1 Å². The number of fused-ring (bicyclic) bond motifs is 1. The monoisotopic (exact) mass is 448 g/mol. The van der Waals surface area contributed by atoms with Crippen LogP contribution in [0.15, 0.2) is 60.5 Å². The largest absolute Gasteiger partial charge is 0.404 e. The average molecular weight is 449 g/mol. The third-order valence-electron chi connectivity index (χ3n) is 4.73. The Morgan fingerprint density at radius 3 is 2.59 bits per heavy atom. The minimum absolute atomic E-state index is 0.256. The molecular weight excluding hydrogens is 420 g/mol. The first-order valence-corrected chi connectivity index (χ1v) is 11.0. The molecule has 3 rings (SSSR count). The van der Waals surface area contributed by atoms with E-state index in [1.54, 1.807) is 37.9 Å². The van der Waals surface area contributed by atoms with Crippen molar-refractivity contribution in [2.45, 2.75) is 20.8 Å². The SMILES string of the molecule is CN/C=C(\C(=N)c1cnc(C)s1)c1cnc2ccc(N/C(N)=C/C(=C\N)C(C)C)nc2c1. The zero-order valence-electron chi connectivity index (χ0n) is 18.6. The van der Waals surface area contributed by atoms with E-state index in [-0.39, 0.29) is 5.92 Å². The van der Waals surface area contributed by atoms with E-state index in [1.165, 1.54) is 11.3 Å². The number of nitrogens with one attached hydrogen (secondary N) is 3. The van der Waals surface area contributed by atoms with E-state index in [1.807, 2.05) is 39.0 Å². The summed E-state index contributed by atoms with van der Waals surface area (Å²) < 4.78 is 0. The molecule has 0 unspecified atom stereocenters. The lowest BCUT2D eigenvalue weighted by molar-refractivity contribution is 0.786. The summed E-state index contributed by atoms with van der Waals surface area (Å²) in [5.74, 6) is 1.30. The van der Waals surface area contributed by atoms with E-state index in [0.29, 0.717) is 28.4 Å². The molecule has 32 heavy (non-hydrogen) atoms. The van der Waals surface area contributed by atoms with E-state index >= 15 is 0 Å². The van der Waals surface area contributed by atoms with E-state index in [2.05, 4.69) is 25.6 Å². The normalized spacial score (nSPS) is 13.0. The van der Waals surface area contributed by atoms with Crippen molar-refractivity contribution in [2.75, 3.05) is 12.4 Å². The molecule has 0 bridgehead atoms. The van der Waals surface area contributed by atoms with E-state index in [4.69, 9.17) is 16.9 Å². The van der Waals surface area contributed by atoms with Crippen LogP contribution in [0.2, 0.25) is 0 Å². The molecule has 9 heteroatoms. The second-order valence-electron chi connectivity index (χ2n) is 7.47. The van der Waals surface area contributed by atoms with Gasteiger partial charge in [0.2, 0.25) is 0 Å². The van der Waals surface area contributed by atoms with Crippen LogP contribution >= 0.6 is 11.3 Å². The van der Waals surface area contributed by atoms with Crippen LogP contribution in [-0.4, -0.2) is 27.7 Å². The molecule has 0 saturated carbocycles. The smallest absolute Gasteiger partial charge is 0.132 e.